The maximum absolute atomic E-state index is 9.84. The van der Waals surface area contributed by atoms with E-state index in [1.54, 1.807) is 31.4 Å². The van der Waals surface area contributed by atoms with E-state index in [-0.39, 0.29) is 0 Å². The Morgan fingerprint density at radius 2 is 2.28 bits per heavy atom. The number of benzene rings is 1. The molecule has 0 aliphatic carbocycles. The van der Waals surface area contributed by atoms with Gasteiger partial charge in [-0.2, -0.15) is 0 Å². The third kappa shape index (κ3) is 2.97. The second-order valence-corrected chi connectivity index (χ2v) is 4.17. The van der Waals surface area contributed by atoms with Gasteiger partial charge < -0.3 is 19.6 Å². The fourth-order valence-electron chi connectivity index (χ4n) is 1.57. The Labute approximate surface area is 110 Å². The molecular weight excluding hydrogens is 254 g/mol. The number of ether oxygens (including phenoxy) is 1. The molecule has 0 spiro atoms. The highest BCUT2D eigenvalue weighted by molar-refractivity contribution is 6.32. The number of halogens is 1. The van der Waals surface area contributed by atoms with Gasteiger partial charge in [-0.3, -0.25) is 0 Å². The van der Waals surface area contributed by atoms with Crippen molar-refractivity contribution in [2.24, 2.45) is 0 Å². The number of hydrogen-bond donors (Lipinski definition) is 2. The first-order valence-corrected chi connectivity index (χ1v) is 5.87. The van der Waals surface area contributed by atoms with Crippen molar-refractivity contribution in [3.8, 4) is 5.75 Å². The Hall–Kier alpha value is -1.65. The van der Waals surface area contributed by atoms with Crippen LogP contribution in [0.3, 0.4) is 0 Å². The highest BCUT2D eigenvalue weighted by Gasteiger charge is 2.10. The zero-order chi connectivity index (χ0) is 13.0. The lowest BCUT2D eigenvalue weighted by atomic mass is 10.2. The molecule has 1 atom stereocenters. The summed E-state index contributed by atoms with van der Waals surface area (Å²) in [7, 11) is 1.56. The lowest BCUT2D eigenvalue weighted by molar-refractivity contribution is 0.162. The maximum Gasteiger partial charge on any atom is 0.139 e. The third-order valence-corrected chi connectivity index (χ3v) is 2.83. The Balaban J connectivity index is 1.98. The predicted molar refractivity (Wildman–Crippen MR) is 70.2 cm³/mol. The van der Waals surface area contributed by atoms with Gasteiger partial charge >= 0.3 is 0 Å². The van der Waals surface area contributed by atoms with Crippen molar-refractivity contribution in [3.05, 3.63) is 47.4 Å². The van der Waals surface area contributed by atoms with E-state index in [9.17, 15) is 5.11 Å². The maximum atomic E-state index is 9.84. The second-order valence-electron chi connectivity index (χ2n) is 3.76. The van der Waals surface area contributed by atoms with Crippen LogP contribution in [0.5, 0.6) is 5.75 Å². The molecule has 1 aromatic heterocycles. The zero-order valence-electron chi connectivity index (χ0n) is 9.89. The van der Waals surface area contributed by atoms with Gasteiger partial charge in [0.1, 0.15) is 17.6 Å². The van der Waals surface area contributed by atoms with Gasteiger partial charge in [0.05, 0.1) is 18.4 Å². The number of hydrogen-bond acceptors (Lipinski definition) is 4. The van der Waals surface area contributed by atoms with Crippen LogP contribution in [0.15, 0.2) is 41.0 Å². The van der Waals surface area contributed by atoms with E-state index in [2.05, 4.69) is 5.32 Å². The normalized spacial score (nSPS) is 12.2. The molecule has 0 aliphatic heterocycles. The standard InChI is InChI=1S/C13H14ClNO3/c1-17-13-7-9(4-5-10(13)14)15-8-11(16)12-3-2-6-18-12/h2-7,11,15-16H,8H2,1H3. The molecular formula is C13H14ClNO3. The van der Waals surface area contributed by atoms with Gasteiger partial charge in [0.2, 0.25) is 0 Å². The van der Waals surface area contributed by atoms with Crippen molar-refractivity contribution in [2.45, 2.75) is 6.10 Å². The molecule has 0 radical (unpaired) electrons. The smallest absolute Gasteiger partial charge is 0.139 e. The van der Waals surface area contributed by atoms with Crippen LogP contribution in [0.1, 0.15) is 11.9 Å². The van der Waals surface area contributed by atoms with E-state index in [1.165, 1.54) is 6.26 Å². The predicted octanol–water partition coefficient (Wildman–Crippen LogP) is 3.09. The first-order valence-electron chi connectivity index (χ1n) is 5.49. The average Bonchev–Trinajstić information content (AvgIpc) is 2.91. The first kappa shape index (κ1) is 12.8. The van der Waals surface area contributed by atoms with E-state index in [0.29, 0.717) is 23.1 Å². The molecule has 0 saturated heterocycles. The quantitative estimate of drug-likeness (QED) is 0.874. The van der Waals surface area contributed by atoms with E-state index in [4.69, 9.17) is 20.8 Å². The topological polar surface area (TPSA) is 54.6 Å². The van der Waals surface area contributed by atoms with Crippen molar-refractivity contribution >= 4 is 17.3 Å². The van der Waals surface area contributed by atoms with E-state index in [0.717, 1.165) is 5.69 Å². The summed E-state index contributed by atoms with van der Waals surface area (Å²) in [6.45, 7) is 0.346. The molecule has 5 heteroatoms. The van der Waals surface area contributed by atoms with Crippen LogP contribution in [0, 0.1) is 0 Å². The van der Waals surface area contributed by atoms with Crippen LogP contribution in [-0.4, -0.2) is 18.8 Å². The molecule has 2 N–H and O–H groups in total. The second kappa shape index (κ2) is 5.80. The monoisotopic (exact) mass is 267 g/mol. The average molecular weight is 268 g/mol. The number of aliphatic hydroxyl groups excluding tert-OH is 1. The van der Waals surface area contributed by atoms with Crippen LogP contribution in [0.25, 0.3) is 0 Å². The Morgan fingerprint density at radius 1 is 1.44 bits per heavy atom. The number of furan rings is 1. The van der Waals surface area contributed by atoms with Crippen LogP contribution < -0.4 is 10.1 Å². The zero-order valence-corrected chi connectivity index (χ0v) is 10.6. The van der Waals surface area contributed by atoms with Gasteiger partial charge in [0.15, 0.2) is 0 Å². The number of nitrogens with one attached hydrogen (secondary N) is 1. The van der Waals surface area contributed by atoms with Gasteiger partial charge in [0.25, 0.3) is 0 Å². The highest BCUT2D eigenvalue weighted by Crippen LogP contribution is 2.27. The lowest BCUT2D eigenvalue weighted by Gasteiger charge is -2.12. The number of rotatable bonds is 5. The van der Waals surface area contributed by atoms with Gasteiger partial charge in [-0.05, 0) is 24.3 Å². The van der Waals surface area contributed by atoms with Gasteiger partial charge in [-0.1, -0.05) is 11.6 Å². The molecule has 0 aliphatic rings. The first-order chi connectivity index (χ1) is 8.70. The summed E-state index contributed by atoms with van der Waals surface area (Å²) in [5.41, 5.74) is 0.821. The Bertz CT molecular complexity index is 499. The molecule has 4 nitrogen and oxygen atoms in total. The fourth-order valence-corrected chi connectivity index (χ4v) is 1.76. The van der Waals surface area contributed by atoms with Crippen molar-refractivity contribution in [1.29, 1.82) is 0 Å². The summed E-state index contributed by atoms with van der Waals surface area (Å²) >= 11 is 5.92. The number of methoxy groups -OCH3 is 1. The minimum atomic E-state index is -0.693. The summed E-state index contributed by atoms with van der Waals surface area (Å²) in [6.07, 6.45) is 0.839. The van der Waals surface area contributed by atoms with Gasteiger partial charge in [-0.15, -0.1) is 0 Å². The minimum absolute atomic E-state index is 0.346. The Kier molecular flexibility index (Phi) is 4.12. The largest absolute Gasteiger partial charge is 0.495 e. The summed E-state index contributed by atoms with van der Waals surface area (Å²) in [5, 5.41) is 13.5. The van der Waals surface area contributed by atoms with E-state index in [1.807, 2.05) is 6.07 Å². The summed E-state index contributed by atoms with van der Waals surface area (Å²) in [4.78, 5) is 0. The summed E-state index contributed by atoms with van der Waals surface area (Å²) < 4.78 is 10.2. The SMILES string of the molecule is COc1cc(NCC(O)c2ccco2)ccc1Cl. The molecule has 0 saturated carbocycles. The molecule has 1 unspecified atom stereocenters. The number of anilines is 1. The summed E-state index contributed by atoms with van der Waals surface area (Å²) in [5.74, 6) is 1.12. The Morgan fingerprint density at radius 3 is 2.94 bits per heavy atom. The van der Waals surface area contributed by atoms with Gasteiger partial charge in [0, 0.05) is 18.3 Å². The van der Waals surface area contributed by atoms with Crippen LogP contribution in [0.2, 0.25) is 5.02 Å². The van der Waals surface area contributed by atoms with Crippen LogP contribution >= 0.6 is 11.6 Å². The van der Waals surface area contributed by atoms with E-state index < -0.39 is 6.10 Å². The number of aliphatic hydroxyl groups is 1. The molecule has 0 bridgehead atoms. The van der Waals surface area contributed by atoms with Crippen molar-refractivity contribution < 1.29 is 14.3 Å². The minimum Gasteiger partial charge on any atom is -0.495 e. The molecule has 96 valence electrons. The van der Waals surface area contributed by atoms with Gasteiger partial charge in [-0.25, -0.2) is 0 Å². The highest BCUT2D eigenvalue weighted by atomic mass is 35.5. The van der Waals surface area contributed by atoms with Crippen molar-refractivity contribution in [1.82, 2.24) is 0 Å². The van der Waals surface area contributed by atoms with Crippen LogP contribution in [-0.2, 0) is 0 Å². The molecule has 2 rings (SSSR count). The molecule has 0 amide bonds. The van der Waals surface area contributed by atoms with E-state index >= 15 is 0 Å². The third-order valence-electron chi connectivity index (χ3n) is 2.52. The summed E-state index contributed by atoms with van der Waals surface area (Å²) in [6, 6.07) is 8.80. The molecule has 2 aromatic rings. The fraction of sp³-hybridized carbons (Fsp3) is 0.231. The molecule has 18 heavy (non-hydrogen) atoms. The molecule has 1 heterocycles. The van der Waals surface area contributed by atoms with Crippen molar-refractivity contribution in [3.63, 3.8) is 0 Å². The van der Waals surface area contributed by atoms with Crippen molar-refractivity contribution in [2.75, 3.05) is 19.0 Å². The van der Waals surface area contributed by atoms with Crippen LogP contribution in [0.4, 0.5) is 5.69 Å². The molecule has 1 aromatic carbocycles. The lowest BCUT2D eigenvalue weighted by Crippen LogP contribution is -2.11. The molecule has 0 fully saturated rings.